The van der Waals surface area contributed by atoms with Crippen molar-refractivity contribution in [2.75, 3.05) is 64.2 Å². The maximum atomic E-state index is 4.96. The molecule has 0 atom stereocenters. The summed E-state index contributed by atoms with van der Waals surface area (Å²) in [6.45, 7) is 4.43. The van der Waals surface area contributed by atoms with Gasteiger partial charge in [0.2, 0.25) is 0 Å². The van der Waals surface area contributed by atoms with E-state index in [0.29, 0.717) is 12.1 Å². The van der Waals surface area contributed by atoms with Gasteiger partial charge in [-0.3, -0.25) is 4.40 Å². The molecule has 0 N–H and O–H groups in total. The third kappa shape index (κ3) is 4.69. The molecule has 2 aliphatic heterocycles. The van der Waals surface area contributed by atoms with Crippen molar-refractivity contribution in [2.24, 2.45) is 0 Å². The molecule has 2 saturated heterocycles. The van der Waals surface area contributed by atoms with Gasteiger partial charge in [0.25, 0.3) is 0 Å². The molecule has 2 aliphatic rings. The molecule has 0 bridgehead atoms. The van der Waals surface area contributed by atoms with E-state index in [1.54, 1.807) is 0 Å². The molecule has 2 aromatic heterocycles. The number of aromatic nitrogens is 2. The third-order valence-electron chi connectivity index (χ3n) is 8.69. The monoisotopic (exact) mass is 496 g/mol. The predicted molar refractivity (Wildman–Crippen MR) is 156 cm³/mol. The summed E-state index contributed by atoms with van der Waals surface area (Å²) in [6.07, 6.45) is 7.13. The quantitative estimate of drug-likeness (QED) is 0.378. The van der Waals surface area contributed by atoms with Gasteiger partial charge >= 0.3 is 0 Å². The van der Waals surface area contributed by atoms with Crippen LogP contribution in [0.3, 0.4) is 0 Å². The molecule has 194 valence electrons. The second-order valence-corrected chi connectivity index (χ2v) is 11.3. The van der Waals surface area contributed by atoms with Gasteiger partial charge in [0.15, 0.2) is 0 Å². The van der Waals surface area contributed by atoms with E-state index in [-0.39, 0.29) is 0 Å². The Balaban J connectivity index is 1.27. The lowest BCUT2D eigenvalue weighted by atomic mass is 10.0. The fourth-order valence-corrected chi connectivity index (χ4v) is 6.30. The van der Waals surface area contributed by atoms with Crippen LogP contribution in [0, 0.1) is 0 Å². The van der Waals surface area contributed by atoms with Crippen LogP contribution >= 0.6 is 0 Å². The summed E-state index contributed by atoms with van der Waals surface area (Å²) in [5.41, 5.74) is 8.42. The van der Waals surface area contributed by atoms with Crippen LogP contribution in [0.5, 0.6) is 0 Å². The highest BCUT2D eigenvalue weighted by atomic mass is 15.2. The van der Waals surface area contributed by atoms with E-state index < -0.39 is 0 Å². The van der Waals surface area contributed by atoms with Gasteiger partial charge in [-0.05, 0) is 101 Å². The van der Waals surface area contributed by atoms with Crippen molar-refractivity contribution in [2.45, 2.75) is 37.8 Å². The Labute approximate surface area is 221 Å². The Morgan fingerprint density at radius 2 is 1.27 bits per heavy atom. The molecule has 4 aromatic rings. The number of benzene rings is 2. The lowest BCUT2D eigenvalue weighted by molar-refractivity contribution is 0.249. The van der Waals surface area contributed by atoms with Gasteiger partial charge in [0, 0.05) is 50.1 Å². The minimum atomic E-state index is 0.673. The molecule has 2 fully saturated rings. The number of nitrogens with zero attached hydrogens (tertiary/aromatic N) is 6. The summed E-state index contributed by atoms with van der Waals surface area (Å²) in [4.78, 5) is 14.8. The van der Waals surface area contributed by atoms with E-state index in [0.717, 1.165) is 37.3 Å². The molecular formula is C31H40N6. The minimum Gasteiger partial charge on any atom is -0.371 e. The number of imidazole rings is 1. The summed E-state index contributed by atoms with van der Waals surface area (Å²) in [6, 6.07) is 21.5. The van der Waals surface area contributed by atoms with Crippen LogP contribution in [0.4, 0.5) is 11.4 Å². The zero-order chi connectivity index (χ0) is 25.5. The molecule has 0 unspecified atom stereocenters. The maximum absolute atomic E-state index is 4.96. The van der Waals surface area contributed by atoms with E-state index >= 15 is 0 Å². The Bertz CT molecular complexity index is 1360. The lowest BCUT2D eigenvalue weighted by Gasteiger charge is -2.36. The second-order valence-electron chi connectivity index (χ2n) is 11.3. The molecule has 6 rings (SSSR count). The van der Waals surface area contributed by atoms with Gasteiger partial charge in [0.05, 0.1) is 16.7 Å². The molecular weight excluding hydrogens is 456 g/mol. The Morgan fingerprint density at radius 1 is 0.676 bits per heavy atom. The zero-order valence-electron chi connectivity index (χ0n) is 22.8. The normalized spacial score (nSPS) is 18.1. The van der Waals surface area contributed by atoms with Gasteiger partial charge in [-0.1, -0.05) is 18.2 Å². The van der Waals surface area contributed by atoms with E-state index in [1.807, 2.05) is 0 Å². The number of anilines is 2. The van der Waals surface area contributed by atoms with Gasteiger partial charge in [-0.15, -0.1) is 0 Å². The maximum Gasteiger partial charge on any atom is 0.138 e. The predicted octanol–water partition coefficient (Wildman–Crippen LogP) is 5.22. The number of piperidine rings is 2. The van der Waals surface area contributed by atoms with E-state index in [9.17, 15) is 0 Å². The largest absolute Gasteiger partial charge is 0.371 e. The number of fused-ring (bicyclic) bond motifs is 3. The Kier molecular flexibility index (Phi) is 6.55. The standard InChI is InChI=1S/C31H40N6/c1-33(2)25-14-18-35(19-15-25)27-11-8-23(9-12-27)24-10-13-30-32-28-6-5-7-29(31(28)37(30)22-24)36-20-16-26(17-21-36)34(3)4/h5-13,22,25-26H,14-21H2,1-4H3. The van der Waals surface area contributed by atoms with Gasteiger partial charge in [0.1, 0.15) is 5.65 Å². The first kappa shape index (κ1) is 24.3. The molecule has 0 spiro atoms. The average molecular weight is 497 g/mol. The molecule has 2 aromatic carbocycles. The SMILES string of the molecule is CN(C)C1CCN(c2ccc(-c3ccc4nc5cccc(N6CCC(N(C)C)CC6)c5n4c3)cc2)CC1. The van der Waals surface area contributed by atoms with Crippen LogP contribution in [-0.2, 0) is 0 Å². The summed E-state index contributed by atoms with van der Waals surface area (Å²) in [5, 5.41) is 0. The highest BCUT2D eigenvalue weighted by Gasteiger charge is 2.23. The number of rotatable bonds is 5. The molecule has 0 aliphatic carbocycles. The van der Waals surface area contributed by atoms with Crippen molar-refractivity contribution in [1.82, 2.24) is 19.2 Å². The van der Waals surface area contributed by atoms with Crippen molar-refractivity contribution < 1.29 is 0 Å². The average Bonchev–Trinajstić information content (AvgIpc) is 3.31. The lowest BCUT2D eigenvalue weighted by Crippen LogP contribution is -2.42. The first-order valence-electron chi connectivity index (χ1n) is 13.8. The number of pyridine rings is 1. The van der Waals surface area contributed by atoms with Crippen molar-refractivity contribution >= 4 is 28.1 Å². The highest BCUT2D eigenvalue weighted by Crippen LogP contribution is 2.32. The van der Waals surface area contributed by atoms with Crippen LogP contribution in [0.2, 0.25) is 0 Å². The Hall–Kier alpha value is -3.09. The van der Waals surface area contributed by atoms with Crippen LogP contribution in [0.1, 0.15) is 25.7 Å². The molecule has 6 nitrogen and oxygen atoms in total. The summed E-state index contributed by atoms with van der Waals surface area (Å²) in [7, 11) is 8.80. The number of hydrogen-bond acceptors (Lipinski definition) is 5. The topological polar surface area (TPSA) is 30.3 Å². The zero-order valence-corrected chi connectivity index (χ0v) is 22.8. The van der Waals surface area contributed by atoms with Gasteiger partial charge in [-0.2, -0.15) is 0 Å². The van der Waals surface area contributed by atoms with E-state index in [2.05, 4.69) is 113 Å². The molecule has 4 heterocycles. The third-order valence-corrected chi connectivity index (χ3v) is 8.69. The minimum absolute atomic E-state index is 0.673. The van der Waals surface area contributed by atoms with Crippen molar-refractivity contribution in [1.29, 1.82) is 0 Å². The molecule has 37 heavy (non-hydrogen) atoms. The van der Waals surface area contributed by atoms with Gasteiger partial charge < -0.3 is 19.6 Å². The van der Waals surface area contributed by atoms with E-state index in [4.69, 9.17) is 4.98 Å². The van der Waals surface area contributed by atoms with Crippen molar-refractivity contribution in [3.05, 3.63) is 60.8 Å². The van der Waals surface area contributed by atoms with Crippen LogP contribution < -0.4 is 9.80 Å². The first-order chi connectivity index (χ1) is 18.0. The number of para-hydroxylation sites is 1. The first-order valence-corrected chi connectivity index (χ1v) is 13.8. The fourth-order valence-electron chi connectivity index (χ4n) is 6.30. The molecule has 0 amide bonds. The van der Waals surface area contributed by atoms with Crippen molar-refractivity contribution in [3.63, 3.8) is 0 Å². The van der Waals surface area contributed by atoms with Crippen LogP contribution in [0.25, 0.3) is 27.8 Å². The van der Waals surface area contributed by atoms with Crippen LogP contribution in [0.15, 0.2) is 60.8 Å². The van der Waals surface area contributed by atoms with Crippen LogP contribution in [-0.4, -0.2) is 85.6 Å². The number of hydrogen-bond donors (Lipinski definition) is 0. The Morgan fingerprint density at radius 3 is 1.89 bits per heavy atom. The highest BCUT2D eigenvalue weighted by molar-refractivity contribution is 5.92. The smallest absolute Gasteiger partial charge is 0.138 e. The molecule has 0 saturated carbocycles. The second kappa shape index (κ2) is 9.99. The molecule has 6 heteroatoms. The fraction of sp³-hybridized carbons (Fsp3) is 0.452. The van der Waals surface area contributed by atoms with E-state index in [1.165, 1.54) is 53.7 Å². The summed E-state index contributed by atoms with van der Waals surface area (Å²) in [5.74, 6) is 0. The molecule has 0 radical (unpaired) electrons. The summed E-state index contributed by atoms with van der Waals surface area (Å²) >= 11 is 0. The van der Waals surface area contributed by atoms with Gasteiger partial charge in [-0.25, -0.2) is 4.98 Å². The summed E-state index contributed by atoms with van der Waals surface area (Å²) < 4.78 is 2.30. The van der Waals surface area contributed by atoms with Crippen molar-refractivity contribution in [3.8, 4) is 11.1 Å².